The van der Waals surface area contributed by atoms with E-state index < -0.39 is 11.9 Å². The summed E-state index contributed by atoms with van der Waals surface area (Å²) in [6, 6.07) is 21.8. The quantitative estimate of drug-likeness (QED) is 0.0322. The van der Waals surface area contributed by atoms with Gasteiger partial charge in [0.1, 0.15) is 17.6 Å². The molecule has 346 valence electrons. The minimum Gasteiger partial charge on any atom is -0.494 e. The molecular formula is C56H72N4O5. The van der Waals surface area contributed by atoms with Crippen LogP contribution in [0.25, 0.3) is 5.69 Å². The summed E-state index contributed by atoms with van der Waals surface area (Å²) in [6.07, 6.45) is 24.0. The molecule has 0 aliphatic heterocycles. The smallest absolute Gasteiger partial charge is 0.360 e. The van der Waals surface area contributed by atoms with Crippen molar-refractivity contribution < 1.29 is 23.8 Å². The van der Waals surface area contributed by atoms with Gasteiger partial charge in [0.25, 0.3) is 0 Å². The molecular weight excluding hydrogens is 809 g/mol. The van der Waals surface area contributed by atoms with E-state index in [1.54, 1.807) is 53.5 Å². The number of aliphatic imine (C=N–C) groups is 1. The zero-order chi connectivity index (χ0) is 45.6. The molecule has 3 saturated carbocycles. The number of ether oxygens (including phenoxy) is 3. The SMILES string of the molecule is CCCCCCOc1ccc(C(=O)Oc2ccc(C=Nc3ccc(-n4cc(C(=O)O[C@H]5CC[C@@]6(C)C(=CC[C@H]7[C@@H]8CC[C@H]([C@H](C)CCCC(C)C)[C@@]8(C)CC[C@@H]76)C5)nn4)cc3)cc2)cc1. The second kappa shape index (κ2) is 20.6. The van der Waals surface area contributed by atoms with Crippen molar-refractivity contribution in [3.05, 3.63) is 107 Å². The van der Waals surface area contributed by atoms with Gasteiger partial charge in [-0.2, -0.15) is 0 Å². The Kier molecular flexibility index (Phi) is 14.8. The van der Waals surface area contributed by atoms with Crippen LogP contribution in [0.5, 0.6) is 11.5 Å². The van der Waals surface area contributed by atoms with E-state index in [1.165, 1.54) is 69.8 Å². The van der Waals surface area contributed by atoms with Crippen LogP contribution in [0.3, 0.4) is 0 Å². The standard InChI is InChI=1S/C56H72N4O5/c1-7-8-9-10-34-63-45-25-16-41(17-26-45)53(61)64-46-23-14-40(15-24-46)36-57-43-19-21-44(22-20-43)60-37-52(58-59-60)54(62)65-47-30-32-55(5)42(35-47)18-27-48-50-29-28-49(39(4)13-11-12-38(2)3)56(50,6)33-31-51(48)55/h14-26,36-39,47-51H,7-13,27-35H2,1-6H3/t39-,47+,48+,49-,50+,51+,55+,56-/m1/s1. The number of hydrogen-bond acceptors (Lipinski definition) is 8. The third-order valence-corrected chi connectivity index (χ3v) is 16.2. The van der Waals surface area contributed by atoms with E-state index in [-0.39, 0.29) is 17.2 Å². The lowest BCUT2D eigenvalue weighted by atomic mass is 9.47. The zero-order valence-corrected chi connectivity index (χ0v) is 39.8. The molecule has 3 aromatic carbocycles. The third kappa shape index (κ3) is 10.7. The fourth-order valence-electron chi connectivity index (χ4n) is 12.5. The van der Waals surface area contributed by atoms with Gasteiger partial charge in [-0.15, -0.1) is 5.10 Å². The van der Waals surface area contributed by atoms with Gasteiger partial charge in [0.05, 0.1) is 29.7 Å². The van der Waals surface area contributed by atoms with E-state index >= 15 is 0 Å². The van der Waals surface area contributed by atoms with Gasteiger partial charge in [-0.1, -0.05) is 96.9 Å². The number of rotatable bonds is 18. The number of allylic oxidation sites excluding steroid dienone is 1. The largest absolute Gasteiger partial charge is 0.494 e. The number of nitrogens with zero attached hydrogens (tertiary/aromatic N) is 4. The average Bonchev–Trinajstić information content (AvgIpc) is 3.95. The normalized spacial score (nSPS) is 26.5. The number of unbranched alkanes of at least 4 members (excludes halogenated alkanes) is 3. The van der Waals surface area contributed by atoms with Gasteiger partial charge >= 0.3 is 11.9 Å². The molecule has 0 spiro atoms. The molecule has 0 N–H and O–H groups in total. The molecule has 4 aliphatic carbocycles. The Hall–Kier alpha value is -5.05. The zero-order valence-electron chi connectivity index (χ0n) is 39.8. The summed E-state index contributed by atoms with van der Waals surface area (Å²) >= 11 is 0. The molecule has 3 fully saturated rings. The van der Waals surface area contributed by atoms with Gasteiger partial charge < -0.3 is 14.2 Å². The summed E-state index contributed by atoms with van der Waals surface area (Å²) in [4.78, 5) is 30.8. The molecule has 0 amide bonds. The van der Waals surface area contributed by atoms with Crippen LogP contribution in [-0.4, -0.2) is 45.9 Å². The Morgan fingerprint density at radius 1 is 0.831 bits per heavy atom. The first-order valence-corrected chi connectivity index (χ1v) is 25.0. The summed E-state index contributed by atoms with van der Waals surface area (Å²) < 4.78 is 19.1. The van der Waals surface area contributed by atoms with Gasteiger partial charge in [-0.25, -0.2) is 14.3 Å². The molecule has 9 nitrogen and oxygen atoms in total. The van der Waals surface area contributed by atoms with Gasteiger partial charge in [0.2, 0.25) is 0 Å². The molecule has 0 bridgehead atoms. The van der Waals surface area contributed by atoms with Crippen molar-refractivity contribution in [2.45, 2.75) is 144 Å². The summed E-state index contributed by atoms with van der Waals surface area (Å²) in [5, 5.41) is 8.47. The second-order valence-electron chi connectivity index (χ2n) is 20.8. The molecule has 0 unspecified atom stereocenters. The van der Waals surface area contributed by atoms with Gasteiger partial charge in [-0.3, -0.25) is 4.99 Å². The molecule has 4 aromatic rings. The maximum atomic E-state index is 13.4. The molecule has 0 saturated heterocycles. The second-order valence-corrected chi connectivity index (χ2v) is 20.8. The summed E-state index contributed by atoms with van der Waals surface area (Å²) in [6.45, 7) is 15.3. The van der Waals surface area contributed by atoms with Crippen LogP contribution in [0.4, 0.5) is 5.69 Å². The van der Waals surface area contributed by atoms with Gasteiger partial charge in [0.15, 0.2) is 5.69 Å². The number of aromatic nitrogens is 3. The van der Waals surface area contributed by atoms with Crippen molar-refractivity contribution >= 4 is 23.8 Å². The van der Waals surface area contributed by atoms with Crippen molar-refractivity contribution in [1.82, 2.24) is 15.0 Å². The van der Waals surface area contributed by atoms with Crippen LogP contribution in [-0.2, 0) is 4.74 Å². The minimum atomic E-state index is -0.426. The highest BCUT2D eigenvalue weighted by Crippen LogP contribution is 2.67. The fraction of sp³-hybridized carbons (Fsp3) is 0.554. The van der Waals surface area contributed by atoms with E-state index in [2.05, 4.69) is 62.9 Å². The Balaban J connectivity index is 0.800. The van der Waals surface area contributed by atoms with E-state index in [0.717, 1.165) is 90.3 Å². The van der Waals surface area contributed by atoms with Crippen molar-refractivity contribution in [2.24, 2.45) is 51.3 Å². The van der Waals surface area contributed by atoms with Crippen LogP contribution in [0, 0.1) is 46.3 Å². The minimum absolute atomic E-state index is 0.142. The van der Waals surface area contributed by atoms with Gasteiger partial charge in [-0.05, 0) is 176 Å². The Labute approximate surface area is 387 Å². The van der Waals surface area contributed by atoms with Crippen molar-refractivity contribution in [3.63, 3.8) is 0 Å². The summed E-state index contributed by atoms with van der Waals surface area (Å²) in [5.41, 5.74) is 5.24. The van der Waals surface area contributed by atoms with E-state index in [0.29, 0.717) is 23.3 Å². The maximum Gasteiger partial charge on any atom is 0.360 e. The Morgan fingerprint density at radius 2 is 1.60 bits per heavy atom. The molecule has 9 heteroatoms. The lowest BCUT2D eigenvalue weighted by Crippen LogP contribution is -2.51. The highest BCUT2D eigenvalue weighted by Gasteiger charge is 2.59. The molecule has 65 heavy (non-hydrogen) atoms. The van der Waals surface area contributed by atoms with Crippen LogP contribution < -0.4 is 9.47 Å². The summed E-state index contributed by atoms with van der Waals surface area (Å²) in [7, 11) is 0. The number of carbonyl (C=O) groups excluding carboxylic acids is 2. The van der Waals surface area contributed by atoms with E-state index in [9.17, 15) is 9.59 Å². The lowest BCUT2D eigenvalue weighted by molar-refractivity contribution is -0.0595. The first-order valence-electron chi connectivity index (χ1n) is 25.0. The molecule has 8 atom stereocenters. The maximum absolute atomic E-state index is 13.4. The van der Waals surface area contributed by atoms with Crippen LogP contribution in [0.2, 0.25) is 0 Å². The van der Waals surface area contributed by atoms with E-state index in [4.69, 9.17) is 14.2 Å². The Bertz CT molecular complexity index is 2280. The highest BCUT2D eigenvalue weighted by atomic mass is 16.5. The number of hydrogen-bond donors (Lipinski definition) is 0. The number of benzene rings is 3. The first kappa shape index (κ1) is 46.5. The van der Waals surface area contributed by atoms with Crippen LogP contribution in [0.15, 0.2) is 95.6 Å². The van der Waals surface area contributed by atoms with Gasteiger partial charge in [0, 0.05) is 12.6 Å². The van der Waals surface area contributed by atoms with Crippen LogP contribution >= 0.6 is 0 Å². The molecule has 8 rings (SSSR count). The van der Waals surface area contributed by atoms with Crippen molar-refractivity contribution in [3.8, 4) is 17.2 Å². The molecule has 1 aromatic heterocycles. The van der Waals surface area contributed by atoms with Crippen LogP contribution in [0.1, 0.15) is 164 Å². The monoisotopic (exact) mass is 881 g/mol. The predicted molar refractivity (Wildman–Crippen MR) is 258 cm³/mol. The molecule has 1 heterocycles. The molecule has 4 aliphatic rings. The number of carbonyl (C=O) groups is 2. The fourth-order valence-corrected chi connectivity index (χ4v) is 12.5. The lowest BCUT2D eigenvalue weighted by Gasteiger charge is -2.58. The predicted octanol–water partition coefficient (Wildman–Crippen LogP) is 13.8. The average molecular weight is 881 g/mol. The van der Waals surface area contributed by atoms with Crippen molar-refractivity contribution in [1.29, 1.82) is 0 Å². The third-order valence-electron chi connectivity index (χ3n) is 16.2. The van der Waals surface area contributed by atoms with E-state index in [1.807, 2.05) is 36.4 Å². The van der Waals surface area contributed by atoms with Crippen molar-refractivity contribution in [2.75, 3.05) is 6.61 Å². The topological polar surface area (TPSA) is 105 Å². The molecule has 0 radical (unpaired) electrons. The highest BCUT2D eigenvalue weighted by molar-refractivity contribution is 5.91. The summed E-state index contributed by atoms with van der Waals surface area (Å²) in [5.74, 6) is 5.19. The number of fused-ring (bicyclic) bond motifs is 5. The first-order chi connectivity index (χ1) is 31.4. The number of esters is 2. The Morgan fingerprint density at radius 3 is 2.35 bits per heavy atom.